The fraction of sp³-hybridized carbons (Fsp3) is 0.368. The molecule has 1 saturated heterocycles. The molecule has 1 N–H and O–H groups in total. The van der Waals surface area contributed by atoms with Crippen LogP contribution in [0.5, 0.6) is 0 Å². The number of hydrogen-bond donors (Lipinski definition) is 1. The Morgan fingerprint density at radius 1 is 1.30 bits per heavy atom. The summed E-state index contributed by atoms with van der Waals surface area (Å²) in [6.45, 7) is 2.60. The molecule has 0 atom stereocenters. The number of nitrogens with one attached hydrogen (secondary N) is 1. The van der Waals surface area contributed by atoms with Gasteiger partial charge < -0.3 is 14.7 Å². The number of carbonyl (C=O) groups is 1. The van der Waals surface area contributed by atoms with E-state index in [1.807, 2.05) is 23.6 Å². The number of amides is 1. The standard InChI is InChI=1S/C19H21N5O2S/c25-17(5-6-18-22-19(23-26-18)15-4-3-11-27-15)21-13-14-7-8-20-16(12-14)24-9-1-2-10-24/h3-4,7-8,11-12H,1-2,5-6,9-10,13H2,(H,21,25). The van der Waals surface area contributed by atoms with E-state index in [9.17, 15) is 4.79 Å². The fourth-order valence-electron chi connectivity index (χ4n) is 3.06. The first-order valence-electron chi connectivity index (χ1n) is 9.11. The van der Waals surface area contributed by atoms with Crippen LogP contribution >= 0.6 is 11.3 Å². The van der Waals surface area contributed by atoms with Crippen molar-refractivity contribution >= 4 is 23.1 Å². The molecule has 1 amide bonds. The van der Waals surface area contributed by atoms with Crippen molar-refractivity contribution in [1.29, 1.82) is 0 Å². The van der Waals surface area contributed by atoms with Gasteiger partial charge in [0.25, 0.3) is 0 Å². The molecule has 0 aliphatic carbocycles. The monoisotopic (exact) mass is 383 g/mol. The first-order chi connectivity index (χ1) is 13.3. The van der Waals surface area contributed by atoms with Crippen molar-refractivity contribution in [2.24, 2.45) is 0 Å². The third-order valence-corrected chi connectivity index (χ3v) is 5.37. The summed E-state index contributed by atoms with van der Waals surface area (Å²) in [5.74, 6) is 2.01. The lowest BCUT2D eigenvalue weighted by molar-refractivity contribution is -0.121. The second-order valence-electron chi connectivity index (χ2n) is 6.48. The summed E-state index contributed by atoms with van der Waals surface area (Å²) >= 11 is 1.56. The van der Waals surface area contributed by atoms with Crippen LogP contribution in [0, 0.1) is 0 Å². The first-order valence-corrected chi connectivity index (χ1v) is 9.99. The Balaban J connectivity index is 1.26. The maximum absolute atomic E-state index is 12.1. The van der Waals surface area contributed by atoms with E-state index in [-0.39, 0.29) is 5.91 Å². The van der Waals surface area contributed by atoms with Gasteiger partial charge >= 0.3 is 0 Å². The second kappa shape index (κ2) is 8.30. The van der Waals surface area contributed by atoms with Gasteiger partial charge in [0.2, 0.25) is 17.6 Å². The van der Waals surface area contributed by atoms with Crippen LogP contribution in [0.2, 0.25) is 0 Å². The summed E-state index contributed by atoms with van der Waals surface area (Å²) < 4.78 is 5.23. The molecular formula is C19H21N5O2S. The Hall–Kier alpha value is -2.74. The van der Waals surface area contributed by atoms with Crippen molar-refractivity contribution in [1.82, 2.24) is 20.4 Å². The van der Waals surface area contributed by atoms with E-state index in [1.165, 1.54) is 12.8 Å². The zero-order valence-corrected chi connectivity index (χ0v) is 15.7. The molecular weight excluding hydrogens is 362 g/mol. The molecule has 7 nitrogen and oxygen atoms in total. The van der Waals surface area contributed by atoms with Gasteiger partial charge in [-0.3, -0.25) is 4.79 Å². The minimum absolute atomic E-state index is 0.0367. The number of aromatic nitrogens is 3. The number of thiophene rings is 1. The third-order valence-electron chi connectivity index (χ3n) is 4.51. The van der Waals surface area contributed by atoms with E-state index < -0.39 is 0 Å². The number of nitrogens with zero attached hydrogens (tertiary/aromatic N) is 4. The zero-order valence-electron chi connectivity index (χ0n) is 14.9. The quantitative estimate of drug-likeness (QED) is 0.675. The zero-order chi connectivity index (χ0) is 18.5. The highest BCUT2D eigenvalue weighted by atomic mass is 32.1. The molecule has 8 heteroatoms. The topological polar surface area (TPSA) is 84.1 Å². The predicted octanol–water partition coefficient (Wildman–Crippen LogP) is 3.04. The van der Waals surface area contributed by atoms with Gasteiger partial charge in [0.15, 0.2) is 0 Å². The van der Waals surface area contributed by atoms with Gasteiger partial charge in [-0.25, -0.2) is 4.98 Å². The molecule has 0 aromatic carbocycles. The molecule has 1 aliphatic heterocycles. The Bertz CT molecular complexity index is 887. The van der Waals surface area contributed by atoms with E-state index in [2.05, 4.69) is 31.4 Å². The molecule has 0 radical (unpaired) electrons. The van der Waals surface area contributed by atoms with Gasteiger partial charge in [-0.05, 0) is 42.0 Å². The fourth-order valence-corrected chi connectivity index (χ4v) is 3.71. The largest absolute Gasteiger partial charge is 0.357 e. The summed E-state index contributed by atoms with van der Waals surface area (Å²) in [5.41, 5.74) is 1.05. The molecule has 27 heavy (non-hydrogen) atoms. The first kappa shape index (κ1) is 17.7. The van der Waals surface area contributed by atoms with Gasteiger partial charge in [0.1, 0.15) is 5.82 Å². The lowest BCUT2D eigenvalue weighted by atomic mass is 10.2. The van der Waals surface area contributed by atoms with Gasteiger partial charge in [-0.1, -0.05) is 11.2 Å². The Morgan fingerprint density at radius 2 is 2.19 bits per heavy atom. The van der Waals surface area contributed by atoms with Crippen molar-refractivity contribution in [2.45, 2.75) is 32.2 Å². The highest BCUT2D eigenvalue weighted by molar-refractivity contribution is 7.13. The predicted molar refractivity (Wildman–Crippen MR) is 103 cm³/mol. The summed E-state index contributed by atoms with van der Waals surface area (Å²) in [6, 6.07) is 7.87. The highest BCUT2D eigenvalue weighted by Crippen LogP contribution is 2.21. The number of pyridine rings is 1. The van der Waals surface area contributed by atoms with Gasteiger partial charge in [-0.15, -0.1) is 11.3 Å². The molecule has 140 valence electrons. The van der Waals surface area contributed by atoms with Gasteiger partial charge in [0, 0.05) is 38.7 Å². The Morgan fingerprint density at radius 3 is 3.00 bits per heavy atom. The molecule has 3 aromatic heterocycles. The maximum Gasteiger partial charge on any atom is 0.227 e. The molecule has 4 rings (SSSR count). The molecule has 1 fully saturated rings. The van der Waals surface area contributed by atoms with E-state index in [0.29, 0.717) is 31.1 Å². The van der Waals surface area contributed by atoms with E-state index in [0.717, 1.165) is 29.3 Å². The summed E-state index contributed by atoms with van der Waals surface area (Å²) in [4.78, 5) is 24.2. The lowest BCUT2D eigenvalue weighted by Crippen LogP contribution is -2.24. The molecule has 4 heterocycles. The van der Waals surface area contributed by atoms with Gasteiger partial charge in [0.05, 0.1) is 4.88 Å². The van der Waals surface area contributed by atoms with Crippen LogP contribution in [-0.4, -0.2) is 34.1 Å². The normalized spacial score (nSPS) is 13.9. The molecule has 0 saturated carbocycles. The van der Waals surface area contributed by atoms with Crippen LogP contribution in [0.1, 0.15) is 30.7 Å². The summed E-state index contributed by atoms with van der Waals surface area (Å²) in [6.07, 6.45) is 4.98. The third kappa shape index (κ3) is 4.51. The van der Waals surface area contributed by atoms with E-state index >= 15 is 0 Å². The van der Waals surface area contributed by atoms with E-state index in [1.54, 1.807) is 17.5 Å². The molecule has 0 unspecified atom stereocenters. The SMILES string of the molecule is O=C(CCc1nc(-c2cccs2)no1)NCc1ccnc(N2CCCC2)c1. The number of hydrogen-bond acceptors (Lipinski definition) is 7. The smallest absolute Gasteiger partial charge is 0.227 e. The van der Waals surface area contributed by atoms with Crippen molar-refractivity contribution in [3.05, 3.63) is 47.3 Å². The summed E-state index contributed by atoms with van der Waals surface area (Å²) in [5, 5.41) is 8.87. The molecule has 1 aliphatic rings. The van der Waals surface area contributed by atoms with Crippen molar-refractivity contribution in [3.63, 3.8) is 0 Å². The maximum atomic E-state index is 12.1. The molecule has 0 spiro atoms. The second-order valence-corrected chi connectivity index (χ2v) is 7.43. The van der Waals surface area contributed by atoms with Crippen LogP contribution in [0.4, 0.5) is 5.82 Å². The number of anilines is 1. The van der Waals surface area contributed by atoms with Crippen molar-refractivity contribution < 1.29 is 9.32 Å². The van der Waals surface area contributed by atoms with E-state index in [4.69, 9.17) is 4.52 Å². The molecule has 3 aromatic rings. The van der Waals surface area contributed by atoms with Crippen molar-refractivity contribution in [2.75, 3.05) is 18.0 Å². The highest BCUT2D eigenvalue weighted by Gasteiger charge is 2.14. The van der Waals surface area contributed by atoms with Gasteiger partial charge in [-0.2, -0.15) is 4.98 Å². The lowest BCUT2D eigenvalue weighted by Gasteiger charge is -2.16. The Kier molecular flexibility index (Phi) is 5.43. The number of carbonyl (C=O) groups excluding carboxylic acids is 1. The average molecular weight is 383 g/mol. The minimum atomic E-state index is -0.0367. The molecule has 0 bridgehead atoms. The minimum Gasteiger partial charge on any atom is -0.357 e. The van der Waals surface area contributed by atoms with Crippen LogP contribution < -0.4 is 10.2 Å². The average Bonchev–Trinajstić information content (AvgIpc) is 3.46. The van der Waals surface area contributed by atoms with Crippen molar-refractivity contribution in [3.8, 4) is 10.7 Å². The van der Waals surface area contributed by atoms with Crippen LogP contribution in [0.25, 0.3) is 10.7 Å². The number of aryl methyl sites for hydroxylation is 1. The summed E-state index contributed by atoms with van der Waals surface area (Å²) in [7, 11) is 0. The number of rotatable bonds is 7. The van der Waals surface area contributed by atoms with Crippen LogP contribution in [0.3, 0.4) is 0 Å². The Labute approximate surface area is 161 Å². The van der Waals surface area contributed by atoms with Crippen LogP contribution in [0.15, 0.2) is 40.4 Å². The van der Waals surface area contributed by atoms with Crippen LogP contribution in [-0.2, 0) is 17.8 Å².